The molecule has 0 fully saturated rings. The molecule has 0 aromatic heterocycles. The second-order valence-corrected chi connectivity index (χ2v) is 5.82. The van der Waals surface area contributed by atoms with Crippen LogP contribution in [-0.2, 0) is 22.6 Å². The number of ketones is 1. The molecule has 0 aliphatic heterocycles. The molecule has 0 radical (unpaired) electrons. The Balaban J connectivity index is 1.94. The number of nitrogens with two attached hydrogens (primary N) is 1. The number of carbonyl (C=O) groups is 3. The number of aliphatic hydroxyl groups excluding tert-OH is 1. The Morgan fingerprint density at radius 2 is 1.70 bits per heavy atom. The molecule has 5 N–H and O–H groups in total. The highest BCUT2D eigenvalue weighted by Crippen LogP contribution is 2.11. The number of rotatable bonds is 8. The number of alkyl carbamates (subject to hydrolysis) is 1. The molecule has 2 aromatic rings. The number of benzene rings is 2. The number of ether oxygens (including phenoxy) is 1. The lowest BCUT2D eigenvalue weighted by Gasteiger charge is -2.12. The van der Waals surface area contributed by atoms with Gasteiger partial charge in [-0.3, -0.25) is 10.1 Å². The van der Waals surface area contributed by atoms with Crippen molar-refractivity contribution in [1.82, 2.24) is 5.32 Å². The van der Waals surface area contributed by atoms with Crippen LogP contribution in [0.1, 0.15) is 21.5 Å². The van der Waals surface area contributed by atoms with Crippen LogP contribution in [0, 0.1) is 0 Å². The second kappa shape index (κ2) is 9.46. The van der Waals surface area contributed by atoms with E-state index in [1.807, 2.05) is 30.3 Å². The Morgan fingerprint density at radius 3 is 2.37 bits per heavy atom. The van der Waals surface area contributed by atoms with Gasteiger partial charge in [-0.15, -0.1) is 0 Å². The highest BCUT2D eigenvalue weighted by molar-refractivity contribution is 6.00. The van der Waals surface area contributed by atoms with Gasteiger partial charge >= 0.3 is 12.1 Å². The number of aliphatic hydroxyl groups is 1. The van der Waals surface area contributed by atoms with E-state index in [0.29, 0.717) is 17.5 Å². The summed E-state index contributed by atoms with van der Waals surface area (Å²) in [4.78, 5) is 34.4. The third-order valence-electron chi connectivity index (χ3n) is 3.71. The van der Waals surface area contributed by atoms with Crippen molar-refractivity contribution in [2.24, 2.45) is 5.73 Å². The molecule has 0 aliphatic rings. The Bertz CT molecular complexity index is 809. The Morgan fingerprint density at radius 1 is 1.04 bits per heavy atom. The fourth-order valence-electron chi connectivity index (χ4n) is 2.35. The lowest BCUT2D eigenvalue weighted by Crippen LogP contribution is -2.40. The minimum Gasteiger partial charge on any atom is -0.478 e. The fourth-order valence-corrected chi connectivity index (χ4v) is 2.35. The van der Waals surface area contributed by atoms with E-state index in [-0.39, 0.29) is 12.4 Å². The van der Waals surface area contributed by atoms with Crippen LogP contribution < -0.4 is 11.1 Å². The quantitative estimate of drug-likeness (QED) is 0.401. The summed E-state index contributed by atoms with van der Waals surface area (Å²) in [7, 11) is 0. The van der Waals surface area contributed by atoms with E-state index in [2.05, 4.69) is 0 Å². The topological polar surface area (TPSA) is 139 Å². The largest absolute Gasteiger partial charge is 0.478 e. The van der Waals surface area contributed by atoms with E-state index in [4.69, 9.17) is 20.7 Å². The average molecular weight is 372 g/mol. The predicted octanol–water partition coefficient (Wildman–Crippen LogP) is 1.07. The SMILES string of the molecule is N[C@@H](Cc1ccccc1)C(=O)c1cccc(COC(=O)NC(O)C(=O)O)c1. The average Bonchev–Trinajstić information content (AvgIpc) is 2.66. The van der Waals surface area contributed by atoms with Gasteiger partial charge in [-0.25, -0.2) is 9.59 Å². The number of carbonyl (C=O) groups excluding carboxylic acids is 2. The van der Waals surface area contributed by atoms with Crippen LogP contribution in [0.3, 0.4) is 0 Å². The highest BCUT2D eigenvalue weighted by Gasteiger charge is 2.18. The minimum atomic E-state index is -2.05. The summed E-state index contributed by atoms with van der Waals surface area (Å²) in [5.41, 5.74) is 7.86. The predicted molar refractivity (Wildman–Crippen MR) is 95.9 cm³/mol. The van der Waals surface area contributed by atoms with Gasteiger partial charge in [-0.1, -0.05) is 48.5 Å². The number of nitrogens with one attached hydrogen (secondary N) is 1. The Hall–Kier alpha value is -3.23. The van der Waals surface area contributed by atoms with Gasteiger partial charge in [0.25, 0.3) is 0 Å². The van der Waals surface area contributed by atoms with Gasteiger partial charge in [0, 0.05) is 5.56 Å². The summed E-state index contributed by atoms with van der Waals surface area (Å²) in [6.45, 7) is -0.201. The molecule has 0 aliphatic carbocycles. The fraction of sp³-hybridized carbons (Fsp3) is 0.211. The molecule has 142 valence electrons. The van der Waals surface area contributed by atoms with Crippen LogP contribution in [0.5, 0.6) is 0 Å². The van der Waals surface area contributed by atoms with Crippen molar-refractivity contribution < 1.29 is 29.3 Å². The summed E-state index contributed by atoms with van der Waals surface area (Å²) in [6, 6.07) is 15.1. The normalized spacial score (nSPS) is 12.7. The van der Waals surface area contributed by atoms with Crippen molar-refractivity contribution in [2.45, 2.75) is 25.3 Å². The maximum absolute atomic E-state index is 12.5. The first kappa shape index (κ1) is 20.1. The third kappa shape index (κ3) is 6.21. The Kier molecular flexibility index (Phi) is 7.04. The van der Waals surface area contributed by atoms with Crippen LogP contribution in [0.15, 0.2) is 54.6 Å². The Labute approximate surface area is 155 Å². The number of hydrogen-bond donors (Lipinski definition) is 4. The number of carboxylic acids is 1. The molecule has 2 aromatic carbocycles. The summed E-state index contributed by atoms with van der Waals surface area (Å²) in [6.07, 6.45) is -2.75. The third-order valence-corrected chi connectivity index (χ3v) is 3.71. The zero-order valence-corrected chi connectivity index (χ0v) is 14.4. The van der Waals surface area contributed by atoms with Crippen LogP contribution in [-0.4, -0.2) is 40.3 Å². The summed E-state index contributed by atoms with van der Waals surface area (Å²) >= 11 is 0. The summed E-state index contributed by atoms with van der Waals surface area (Å²) in [5, 5.41) is 19.3. The van der Waals surface area contributed by atoms with Crippen LogP contribution in [0.4, 0.5) is 4.79 Å². The molecule has 0 saturated carbocycles. The first-order valence-electron chi connectivity index (χ1n) is 8.13. The van der Waals surface area contributed by atoms with Crippen molar-refractivity contribution in [1.29, 1.82) is 0 Å². The van der Waals surface area contributed by atoms with Crippen LogP contribution in [0.25, 0.3) is 0 Å². The minimum absolute atomic E-state index is 0.201. The van der Waals surface area contributed by atoms with Crippen molar-refractivity contribution in [3.05, 3.63) is 71.3 Å². The van der Waals surface area contributed by atoms with Gasteiger partial charge < -0.3 is 20.7 Å². The molecular formula is C19H20N2O6. The molecule has 8 nitrogen and oxygen atoms in total. The second-order valence-electron chi connectivity index (χ2n) is 5.82. The highest BCUT2D eigenvalue weighted by atomic mass is 16.6. The maximum Gasteiger partial charge on any atom is 0.409 e. The molecular weight excluding hydrogens is 352 g/mol. The first-order valence-corrected chi connectivity index (χ1v) is 8.13. The van der Waals surface area contributed by atoms with Gasteiger partial charge in [-0.05, 0) is 23.6 Å². The molecule has 27 heavy (non-hydrogen) atoms. The van der Waals surface area contributed by atoms with Gasteiger partial charge in [0.15, 0.2) is 5.78 Å². The van der Waals surface area contributed by atoms with Crippen molar-refractivity contribution in [3.8, 4) is 0 Å². The van der Waals surface area contributed by atoms with Crippen molar-refractivity contribution in [2.75, 3.05) is 0 Å². The molecule has 0 spiro atoms. The lowest BCUT2D eigenvalue weighted by molar-refractivity contribution is -0.148. The number of amides is 1. The van der Waals surface area contributed by atoms with E-state index in [1.165, 1.54) is 0 Å². The van der Waals surface area contributed by atoms with Gasteiger partial charge in [0.2, 0.25) is 6.23 Å². The number of hydrogen-bond acceptors (Lipinski definition) is 6. The lowest BCUT2D eigenvalue weighted by atomic mass is 9.97. The summed E-state index contributed by atoms with van der Waals surface area (Å²) in [5.74, 6) is -1.85. The molecule has 2 rings (SSSR count). The standard InChI is InChI=1S/C19H20N2O6/c20-15(10-12-5-2-1-3-6-12)16(22)14-8-4-7-13(9-14)11-27-19(26)21-17(23)18(24)25/h1-9,15,17,23H,10-11,20H2,(H,21,26)(H,24,25)/t15-,17?/m0/s1. The van der Waals surface area contributed by atoms with E-state index in [1.54, 1.807) is 29.6 Å². The molecule has 0 heterocycles. The van der Waals surface area contributed by atoms with E-state index < -0.39 is 24.3 Å². The molecule has 1 unspecified atom stereocenters. The smallest absolute Gasteiger partial charge is 0.409 e. The zero-order valence-electron chi connectivity index (χ0n) is 14.4. The molecule has 0 saturated heterocycles. The van der Waals surface area contributed by atoms with Crippen LogP contribution >= 0.6 is 0 Å². The monoisotopic (exact) mass is 372 g/mol. The van der Waals surface area contributed by atoms with Crippen molar-refractivity contribution >= 4 is 17.8 Å². The molecule has 2 atom stereocenters. The van der Waals surface area contributed by atoms with Gasteiger partial charge in [0.05, 0.1) is 6.04 Å². The van der Waals surface area contributed by atoms with Crippen molar-refractivity contribution in [3.63, 3.8) is 0 Å². The first-order chi connectivity index (χ1) is 12.9. The summed E-state index contributed by atoms with van der Waals surface area (Å²) < 4.78 is 4.82. The maximum atomic E-state index is 12.5. The number of carboxylic acid groups (broad SMARTS) is 1. The molecule has 8 heteroatoms. The van der Waals surface area contributed by atoms with Crippen LogP contribution in [0.2, 0.25) is 0 Å². The van der Waals surface area contributed by atoms with Gasteiger partial charge in [-0.2, -0.15) is 0 Å². The van der Waals surface area contributed by atoms with E-state index in [0.717, 1.165) is 5.56 Å². The number of aliphatic carboxylic acids is 1. The molecule has 1 amide bonds. The van der Waals surface area contributed by atoms with E-state index >= 15 is 0 Å². The van der Waals surface area contributed by atoms with Gasteiger partial charge in [0.1, 0.15) is 6.61 Å². The zero-order chi connectivity index (χ0) is 19.8. The number of Topliss-reactive ketones (excluding diaryl/α,β-unsaturated/α-hetero) is 1. The van der Waals surface area contributed by atoms with E-state index in [9.17, 15) is 14.4 Å². The molecule has 0 bridgehead atoms.